The van der Waals surface area contributed by atoms with Gasteiger partial charge in [-0.05, 0) is 30.5 Å². The van der Waals surface area contributed by atoms with E-state index in [-0.39, 0.29) is 18.0 Å². The minimum atomic E-state index is -4.42. The third-order valence-electron chi connectivity index (χ3n) is 3.36. The lowest BCUT2D eigenvalue weighted by Crippen LogP contribution is -2.24. The van der Waals surface area contributed by atoms with Gasteiger partial charge in [-0.3, -0.25) is 4.79 Å². The van der Waals surface area contributed by atoms with Crippen molar-refractivity contribution in [1.82, 2.24) is 0 Å². The van der Waals surface area contributed by atoms with E-state index in [1.54, 1.807) is 4.90 Å². The minimum Gasteiger partial charge on any atom is -0.481 e. The lowest BCUT2D eigenvalue weighted by atomic mass is 10.1. The summed E-state index contributed by atoms with van der Waals surface area (Å²) in [5.41, 5.74) is -0.573. The van der Waals surface area contributed by atoms with Gasteiger partial charge in [0.1, 0.15) is 0 Å². The van der Waals surface area contributed by atoms with Gasteiger partial charge < -0.3 is 10.0 Å². The summed E-state index contributed by atoms with van der Waals surface area (Å²) in [6.07, 6.45) is -3.83. The first-order chi connectivity index (χ1) is 9.27. The molecule has 3 nitrogen and oxygen atoms in total. The van der Waals surface area contributed by atoms with Crippen LogP contribution in [0, 0.1) is 5.92 Å². The molecular formula is C13H13BrF3NO2. The predicted molar refractivity (Wildman–Crippen MR) is 71.7 cm³/mol. The number of carboxylic acid groups (broad SMARTS) is 1. The van der Waals surface area contributed by atoms with Crippen LogP contribution in [-0.4, -0.2) is 24.2 Å². The van der Waals surface area contributed by atoms with E-state index >= 15 is 0 Å². The molecule has 1 unspecified atom stereocenters. The largest absolute Gasteiger partial charge is 0.481 e. The summed E-state index contributed by atoms with van der Waals surface area (Å²) in [5.74, 6) is -1.02. The number of benzene rings is 1. The molecule has 1 saturated heterocycles. The molecule has 0 spiro atoms. The molecule has 1 aliphatic rings. The molecule has 0 aromatic heterocycles. The van der Waals surface area contributed by atoms with Crippen LogP contribution >= 0.6 is 15.9 Å². The van der Waals surface area contributed by atoms with E-state index in [1.165, 1.54) is 12.1 Å². The number of nitrogens with zero attached hydrogens (tertiary/aromatic N) is 1. The molecule has 1 heterocycles. The maximum Gasteiger partial charge on any atom is 0.418 e. The van der Waals surface area contributed by atoms with Crippen LogP contribution in [0.2, 0.25) is 0 Å². The lowest BCUT2D eigenvalue weighted by Gasteiger charge is -2.23. The van der Waals surface area contributed by atoms with Crippen LogP contribution < -0.4 is 4.90 Å². The van der Waals surface area contributed by atoms with Crippen molar-refractivity contribution in [3.63, 3.8) is 0 Å². The van der Waals surface area contributed by atoms with Crippen molar-refractivity contribution in [2.45, 2.75) is 19.0 Å². The van der Waals surface area contributed by atoms with Gasteiger partial charge in [-0.2, -0.15) is 13.2 Å². The molecule has 1 N–H and O–H groups in total. The Morgan fingerprint density at radius 3 is 2.75 bits per heavy atom. The molecule has 1 aromatic rings. The van der Waals surface area contributed by atoms with Crippen molar-refractivity contribution in [3.05, 3.63) is 28.2 Å². The molecule has 1 fully saturated rings. The third kappa shape index (κ3) is 3.45. The van der Waals surface area contributed by atoms with Gasteiger partial charge >= 0.3 is 12.1 Å². The van der Waals surface area contributed by atoms with E-state index in [9.17, 15) is 18.0 Å². The Balaban J connectivity index is 2.25. The monoisotopic (exact) mass is 351 g/mol. The number of carbonyl (C=O) groups is 1. The van der Waals surface area contributed by atoms with Crippen molar-refractivity contribution >= 4 is 27.6 Å². The van der Waals surface area contributed by atoms with E-state index < -0.39 is 17.7 Å². The molecular weight excluding hydrogens is 339 g/mol. The fourth-order valence-electron chi connectivity index (χ4n) is 2.47. The van der Waals surface area contributed by atoms with Crippen LogP contribution in [0.4, 0.5) is 18.9 Å². The average Bonchev–Trinajstić information content (AvgIpc) is 2.74. The number of alkyl halides is 3. The quantitative estimate of drug-likeness (QED) is 0.900. The Bertz CT molecular complexity index is 519. The lowest BCUT2D eigenvalue weighted by molar-refractivity contribution is -0.138. The van der Waals surface area contributed by atoms with E-state index in [0.29, 0.717) is 24.0 Å². The number of hydrogen-bond donors (Lipinski definition) is 1. The maximum atomic E-state index is 13.0. The van der Waals surface area contributed by atoms with Crippen molar-refractivity contribution < 1.29 is 23.1 Å². The van der Waals surface area contributed by atoms with Gasteiger partial charge in [0.2, 0.25) is 0 Å². The van der Waals surface area contributed by atoms with Crippen molar-refractivity contribution in [2.75, 3.05) is 18.0 Å². The number of rotatable bonds is 3. The van der Waals surface area contributed by atoms with Gasteiger partial charge in [0.05, 0.1) is 11.3 Å². The summed E-state index contributed by atoms with van der Waals surface area (Å²) in [6.45, 7) is 0.781. The SMILES string of the molecule is O=C(O)CC1CCN(c2cc(Br)ccc2C(F)(F)F)C1. The normalized spacial score (nSPS) is 19.4. The molecule has 0 amide bonds. The Morgan fingerprint density at radius 1 is 1.45 bits per heavy atom. The molecule has 7 heteroatoms. The van der Waals surface area contributed by atoms with E-state index in [4.69, 9.17) is 5.11 Å². The van der Waals surface area contributed by atoms with Crippen LogP contribution in [0.15, 0.2) is 22.7 Å². The fraction of sp³-hybridized carbons (Fsp3) is 0.462. The fourth-order valence-corrected chi connectivity index (χ4v) is 2.82. The first-order valence-corrected chi connectivity index (χ1v) is 6.90. The Labute approximate surface area is 122 Å². The van der Waals surface area contributed by atoms with Gasteiger partial charge in [-0.25, -0.2) is 0 Å². The predicted octanol–water partition coefficient (Wildman–Crippen LogP) is 3.77. The summed E-state index contributed by atoms with van der Waals surface area (Å²) >= 11 is 3.18. The second-order valence-corrected chi connectivity index (χ2v) is 5.77. The summed E-state index contributed by atoms with van der Waals surface area (Å²) in [4.78, 5) is 12.3. The smallest absolute Gasteiger partial charge is 0.418 e. The molecule has 0 saturated carbocycles. The minimum absolute atomic E-state index is 0.00808. The molecule has 2 rings (SSSR count). The van der Waals surface area contributed by atoms with Crippen LogP contribution in [0.3, 0.4) is 0 Å². The van der Waals surface area contributed by atoms with Gasteiger partial charge in [0.15, 0.2) is 0 Å². The molecule has 0 radical (unpaired) electrons. The second-order valence-electron chi connectivity index (χ2n) is 4.86. The van der Waals surface area contributed by atoms with Crippen molar-refractivity contribution in [2.24, 2.45) is 5.92 Å². The highest BCUT2D eigenvalue weighted by atomic mass is 79.9. The Hall–Kier alpha value is -1.24. The number of carboxylic acids is 1. The van der Waals surface area contributed by atoms with Gasteiger partial charge in [0.25, 0.3) is 0 Å². The Kier molecular flexibility index (Phi) is 4.27. The highest BCUT2D eigenvalue weighted by Gasteiger charge is 2.36. The zero-order chi connectivity index (χ0) is 14.9. The van der Waals surface area contributed by atoms with E-state index in [2.05, 4.69) is 15.9 Å². The summed E-state index contributed by atoms with van der Waals surface area (Å²) in [5, 5.41) is 8.75. The van der Waals surface area contributed by atoms with Crippen LogP contribution in [0.1, 0.15) is 18.4 Å². The van der Waals surface area contributed by atoms with Gasteiger partial charge in [0, 0.05) is 24.0 Å². The molecule has 1 aliphatic heterocycles. The summed E-state index contributed by atoms with van der Waals surface area (Å²) < 4.78 is 39.6. The second kappa shape index (κ2) is 5.63. The topological polar surface area (TPSA) is 40.5 Å². The highest BCUT2D eigenvalue weighted by molar-refractivity contribution is 9.10. The highest BCUT2D eigenvalue weighted by Crippen LogP contribution is 2.39. The standard InChI is InChI=1S/C13H13BrF3NO2/c14-9-1-2-10(13(15,16)17)11(6-9)18-4-3-8(7-18)5-12(19)20/h1-2,6,8H,3-5,7H2,(H,19,20). The van der Waals surface area contributed by atoms with E-state index in [1.807, 2.05) is 0 Å². The average molecular weight is 352 g/mol. The molecule has 1 atom stereocenters. The van der Waals surface area contributed by atoms with Crippen molar-refractivity contribution in [3.8, 4) is 0 Å². The number of halogens is 4. The molecule has 0 bridgehead atoms. The van der Waals surface area contributed by atoms with Crippen LogP contribution in [0.25, 0.3) is 0 Å². The maximum absolute atomic E-state index is 13.0. The number of aliphatic carboxylic acids is 1. The molecule has 110 valence electrons. The van der Waals surface area contributed by atoms with Gasteiger partial charge in [-0.1, -0.05) is 15.9 Å². The molecule has 1 aromatic carbocycles. The zero-order valence-electron chi connectivity index (χ0n) is 10.5. The van der Waals surface area contributed by atoms with Crippen LogP contribution in [0.5, 0.6) is 0 Å². The zero-order valence-corrected chi connectivity index (χ0v) is 12.0. The van der Waals surface area contributed by atoms with Gasteiger partial charge in [-0.15, -0.1) is 0 Å². The van der Waals surface area contributed by atoms with E-state index in [0.717, 1.165) is 6.07 Å². The van der Waals surface area contributed by atoms with Crippen molar-refractivity contribution in [1.29, 1.82) is 0 Å². The Morgan fingerprint density at radius 2 is 2.15 bits per heavy atom. The first kappa shape index (κ1) is 15.2. The van der Waals surface area contributed by atoms with Crippen LogP contribution in [-0.2, 0) is 11.0 Å². The number of hydrogen-bond acceptors (Lipinski definition) is 2. The molecule has 0 aliphatic carbocycles. The molecule has 20 heavy (non-hydrogen) atoms. The summed E-state index contributed by atoms with van der Waals surface area (Å²) in [7, 11) is 0. The first-order valence-electron chi connectivity index (χ1n) is 6.11. The third-order valence-corrected chi connectivity index (χ3v) is 3.85. The number of anilines is 1. The summed E-state index contributed by atoms with van der Waals surface area (Å²) in [6, 6.07) is 3.84.